The maximum atomic E-state index is 13.2. The van der Waals surface area contributed by atoms with Crippen molar-refractivity contribution in [2.45, 2.75) is 102 Å². The van der Waals surface area contributed by atoms with Crippen molar-refractivity contribution in [2.24, 2.45) is 0 Å². The molecule has 5 rings (SSSR count). The van der Waals surface area contributed by atoms with Gasteiger partial charge >= 0.3 is 23.9 Å². The molecular weight excluding hydrogens is 841 g/mol. The Morgan fingerprint density at radius 1 is 0.424 bits per heavy atom. The average Bonchev–Trinajstić information content (AvgIpc) is 3.35. The number of hydrogen-bond donors (Lipinski definition) is 0. The van der Waals surface area contributed by atoms with E-state index in [1.807, 2.05) is 72.8 Å². The Morgan fingerprint density at radius 2 is 0.712 bits per heavy atom. The zero-order chi connectivity index (χ0) is 46.6. The summed E-state index contributed by atoms with van der Waals surface area (Å²) >= 11 is 0. The summed E-state index contributed by atoms with van der Waals surface area (Å²) in [4.78, 5) is 48.5. The summed E-state index contributed by atoms with van der Waals surface area (Å²) in [6.45, 7) is 9.33. The van der Waals surface area contributed by atoms with Crippen molar-refractivity contribution in [1.82, 2.24) is 0 Å². The molecule has 12 heteroatoms. The van der Waals surface area contributed by atoms with Crippen LogP contribution in [0.25, 0.3) is 22.3 Å². The highest BCUT2D eigenvalue weighted by molar-refractivity contribution is 5.91. The topological polar surface area (TPSA) is 142 Å². The van der Waals surface area contributed by atoms with Gasteiger partial charge < -0.3 is 37.9 Å². The minimum Gasteiger partial charge on any atom is -0.494 e. The van der Waals surface area contributed by atoms with E-state index >= 15 is 0 Å². The van der Waals surface area contributed by atoms with Gasteiger partial charge in [0.15, 0.2) is 0 Å². The fourth-order valence-electron chi connectivity index (χ4n) is 7.12. The van der Waals surface area contributed by atoms with Crippen LogP contribution >= 0.6 is 0 Å². The van der Waals surface area contributed by atoms with Gasteiger partial charge in [0.05, 0.1) is 50.8 Å². The zero-order valence-electron chi connectivity index (χ0n) is 38.0. The van der Waals surface area contributed by atoms with Gasteiger partial charge in [-0.25, -0.2) is 19.2 Å². The lowest BCUT2D eigenvalue weighted by Crippen LogP contribution is -2.44. The Labute approximate surface area is 389 Å². The molecular formula is C54H64O12. The van der Waals surface area contributed by atoms with Gasteiger partial charge in [0.25, 0.3) is 12.6 Å². The van der Waals surface area contributed by atoms with E-state index in [1.165, 1.54) is 12.2 Å². The molecule has 0 unspecified atom stereocenters. The Balaban J connectivity index is 0.971. The van der Waals surface area contributed by atoms with Gasteiger partial charge in [0.1, 0.15) is 11.5 Å². The number of ether oxygens (including phenoxy) is 8. The maximum absolute atomic E-state index is 13.2. The number of unbranched alkanes of at least 4 members (excludes halogenated alkanes) is 12. The molecule has 0 saturated carbocycles. The Kier molecular flexibility index (Phi) is 22.6. The van der Waals surface area contributed by atoms with Gasteiger partial charge in [-0.2, -0.15) is 0 Å². The largest absolute Gasteiger partial charge is 0.494 e. The third-order valence-corrected chi connectivity index (χ3v) is 10.9. The maximum Gasteiger partial charge on any atom is 0.340 e. The summed E-state index contributed by atoms with van der Waals surface area (Å²) in [5.41, 5.74) is 4.40. The third kappa shape index (κ3) is 18.3. The minimum absolute atomic E-state index is 0.169. The molecule has 352 valence electrons. The molecule has 4 aromatic rings. The lowest BCUT2D eigenvalue weighted by Gasteiger charge is -2.30. The summed E-state index contributed by atoms with van der Waals surface area (Å²) in [6, 6.07) is 29.7. The molecule has 0 aliphatic carbocycles. The highest BCUT2D eigenvalue weighted by atomic mass is 16.8. The quantitative estimate of drug-likeness (QED) is 0.0213. The van der Waals surface area contributed by atoms with Crippen LogP contribution in [-0.4, -0.2) is 76.1 Å². The average molecular weight is 905 g/mol. The van der Waals surface area contributed by atoms with Gasteiger partial charge in [-0.1, -0.05) is 126 Å². The Hall–Kier alpha value is -6.24. The first-order valence-corrected chi connectivity index (χ1v) is 23.2. The second-order valence-corrected chi connectivity index (χ2v) is 15.9. The van der Waals surface area contributed by atoms with Gasteiger partial charge in [-0.05, 0) is 96.5 Å². The van der Waals surface area contributed by atoms with Crippen LogP contribution in [0.4, 0.5) is 0 Å². The molecule has 1 fully saturated rings. The molecule has 1 aliphatic heterocycles. The minimum atomic E-state index is -1.24. The first-order chi connectivity index (χ1) is 32.3. The zero-order valence-corrected chi connectivity index (χ0v) is 38.0. The molecule has 0 bridgehead atoms. The monoisotopic (exact) mass is 904 g/mol. The second-order valence-electron chi connectivity index (χ2n) is 15.9. The van der Waals surface area contributed by atoms with Crippen molar-refractivity contribution in [3.63, 3.8) is 0 Å². The van der Waals surface area contributed by atoms with E-state index in [-0.39, 0.29) is 25.2 Å². The lowest BCUT2D eigenvalue weighted by molar-refractivity contribution is -0.288. The number of carbonyl (C=O) groups excluding carboxylic acids is 4. The summed E-state index contributed by atoms with van der Waals surface area (Å²) in [6.07, 6.45) is 14.7. The molecule has 0 radical (unpaired) electrons. The standard InChI is InChI=1S/C54H64O12/c1-3-49(55)61-37-17-13-9-5-7-11-15-35-59-47-31-27-43(28-32-47)41-19-23-45(24-20-41)51(57)65-53-54(64-40-39-63-53)66-52(58)46-25-21-42(22-26-46)44-29-33-48(34-30-44)60-36-16-12-8-6-10-14-18-38-62-50(56)4-2/h3-4,19-34,53-54H,1-2,5-18,35-40H2/t53-,54-/m1/s1. The van der Waals surface area contributed by atoms with Gasteiger partial charge in [-0.3, -0.25) is 0 Å². The number of benzene rings is 4. The molecule has 0 spiro atoms. The van der Waals surface area contributed by atoms with Crippen molar-refractivity contribution in [2.75, 3.05) is 39.6 Å². The van der Waals surface area contributed by atoms with E-state index in [0.717, 1.165) is 124 Å². The molecule has 1 aliphatic rings. The fraction of sp³-hybridized carbons (Fsp3) is 0.407. The molecule has 1 heterocycles. The lowest BCUT2D eigenvalue weighted by atomic mass is 10.0. The van der Waals surface area contributed by atoms with Crippen LogP contribution in [0.5, 0.6) is 11.5 Å². The Morgan fingerprint density at radius 3 is 1.03 bits per heavy atom. The normalized spacial score (nSPS) is 14.4. The van der Waals surface area contributed by atoms with Crippen molar-refractivity contribution >= 4 is 23.9 Å². The van der Waals surface area contributed by atoms with Crippen molar-refractivity contribution in [3.05, 3.63) is 133 Å². The molecule has 4 aromatic carbocycles. The number of esters is 4. The predicted octanol–water partition coefficient (Wildman–Crippen LogP) is 11.4. The molecule has 0 amide bonds. The smallest absolute Gasteiger partial charge is 0.340 e. The molecule has 0 aromatic heterocycles. The van der Waals surface area contributed by atoms with E-state index in [2.05, 4.69) is 13.2 Å². The van der Waals surface area contributed by atoms with Crippen molar-refractivity contribution in [1.29, 1.82) is 0 Å². The van der Waals surface area contributed by atoms with E-state index < -0.39 is 24.5 Å². The van der Waals surface area contributed by atoms with Crippen LogP contribution < -0.4 is 9.47 Å². The second kappa shape index (κ2) is 29.3. The number of carbonyl (C=O) groups is 4. The fourth-order valence-corrected chi connectivity index (χ4v) is 7.12. The van der Waals surface area contributed by atoms with Crippen LogP contribution in [0.2, 0.25) is 0 Å². The van der Waals surface area contributed by atoms with Crippen LogP contribution in [0.1, 0.15) is 111 Å². The summed E-state index contributed by atoms with van der Waals surface area (Å²) < 4.78 is 44.4. The predicted molar refractivity (Wildman–Crippen MR) is 252 cm³/mol. The summed E-state index contributed by atoms with van der Waals surface area (Å²) in [5.74, 6) is -0.410. The van der Waals surface area contributed by atoms with E-state index in [1.54, 1.807) is 24.3 Å². The van der Waals surface area contributed by atoms with Gasteiger partial charge in [0.2, 0.25) is 0 Å². The SMILES string of the molecule is C=CC(=O)OCCCCCCCCCOc1ccc(-c2ccc(C(=O)O[C@H]3OCCO[C@@H]3OC(=O)c3ccc(-c4ccc(OCCCCCCCCCOC(=O)C=C)cc4)cc3)cc2)cc1. The number of rotatable bonds is 30. The molecule has 1 saturated heterocycles. The van der Waals surface area contributed by atoms with Crippen LogP contribution in [-0.2, 0) is 38.0 Å². The number of hydrogen-bond acceptors (Lipinski definition) is 12. The molecule has 0 N–H and O–H groups in total. The highest BCUT2D eigenvalue weighted by Gasteiger charge is 2.34. The summed E-state index contributed by atoms with van der Waals surface area (Å²) in [5, 5.41) is 0. The van der Waals surface area contributed by atoms with E-state index in [0.29, 0.717) is 37.6 Å². The van der Waals surface area contributed by atoms with Crippen LogP contribution in [0.3, 0.4) is 0 Å². The first kappa shape index (κ1) is 50.8. The van der Waals surface area contributed by atoms with Crippen molar-refractivity contribution in [3.8, 4) is 33.8 Å². The first-order valence-electron chi connectivity index (χ1n) is 23.2. The van der Waals surface area contributed by atoms with Crippen LogP contribution in [0.15, 0.2) is 122 Å². The highest BCUT2D eigenvalue weighted by Crippen LogP contribution is 2.26. The van der Waals surface area contributed by atoms with Crippen LogP contribution in [0, 0.1) is 0 Å². The van der Waals surface area contributed by atoms with E-state index in [4.69, 9.17) is 37.9 Å². The van der Waals surface area contributed by atoms with E-state index in [9.17, 15) is 19.2 Å². The van der Waals surface area contributed by atoms with Gasteiger partial charge in [-0.15, -0.1) is 0 Å². The van der Waals surface area contributed by atoms with Gasteiger partial charge in [0, 0.05) is 12.2 Å². The molecule has 12 nitrogen and oxygen atoms in total. The summed E-state index contributed by atoms with van der Waals surface area (Å²) in [7, 11) is 0. The Bertz CT molecular complexity index is 1930. The van der Waals surface area contributed by atoms with Crippen molar-refractivity contribution < 1.29 is 57.1 Å². The third-order valence-electron chi connectivity index (χ3n) is 10.9. The molecule has 66 heavy (non-hydrogen) atoms. The molecule has 2 atom stereocenters.